The number of hydrogen-bond acceptors (Lipinski definition) is 4. The summed E-state index contributed by atoms with van der Waals surface area (Å²) in [6, 6.07) is 6.15. The number of hydrogen-bond donors (Lipinski definition) is 0. The number of carbonyl (C=O) groups is 1. The highest BCUT2D eigenvalue weighted by atomic mass is 35.5. The lowest BCUT2D eigenvalue weighted by molar-refractivity contribution is -0.200. The molecule has 1 aromatic carbocycles. The van der Waals surface area contributed by atoms with Crippen molar-refractivity contribution in [2.24, 2.45) is 0 Å². The number of carbonyl (C=O) groups excluding carboxylic acids is 1. The molecule has 1 aromatic rings. The van der Waals surface area contributed by atoms with Crippen molar-refractivity contribution < 1.29 is 22.7 Å². The molecule has 3 fully saturated rings. The van der Waals surface area contributed by atoms with E-state index in [-0.39, 0.29) is 5.54 Å². The Kier molecular flexibility index (Phi) is 7.34. The van der Waals surface area contributed by atoms with E-state index < -0.39 is 18.4 Å². The fourth-order valence-corrected chi connectivity index (χ4v) is 5.68. The van der Waals surface area contributed by atoms with Crippen LogP contribution in [0.4, 0.5) is 23.7 Å². The van der Waals surface area contributed by atoms with Crippen molar-refractivity contribution in [3.05, 3.63) is 28.8 Å². The Labute approximate surface area is 198 Å². The summed E-state index contributed by atoms with van der Waals surface area (Å²) in [6.45, 7) is 5.60. The van der Waals surface area contributed by atoms with Gasteiger partial charge in [0.05, 0.1) is 0 Å². The molecule has 3 saturated heterocycles. The van der Waals surface area contributed by atoms with E-state index in [4.69, 9.17) is 11.6 Å². The van der Waals surface area contributed by atoms with Crippen LogP contribution >= 0.6 is 11.6 Å². The molecule has 1 amide bonds. The van der Waals surface area contributed by atoms with E-state index in [9.17, 15) is 18.0 Å². The molecule has 0 radical (unpaired) electrons. The molecule has 3 heterocycles. The molecule has 1 atom stereocenters. The maximum Gasteiger partial charge on any atom is 0.425 e. The van der Waals surface area contributed by atoms with Crippen LogP contribution in [0.5, 0.6) is 0 Å². The molecule has 1 spiro atoms. The van der Waals surface area contributed by atoms with Crippen LogP contribution in [0.2, 0.25) is 5.02 Å². The number of anilines is 1. The first-order valence-electron chi connectivity index (χ1n) is 12.0. The van der Waals surface area contributed by atoms with E-state index >= 15 is 0 Å². The van der Waals surface area contributed by atoms with Crippen LogP contribution < -0.4 is 4.90 Å². The summed E-state index contributed by atoms with van der Waals surface area (Å²) in [5.41, 5.74) is 2.46. The van der Waals surface area contributed by atoms with Gasteiger partial charge in [0.1, 0.15) is 0 Å². The molecular weight excluding hydrogens is 455 g/mol. The lowest BCUT2D eigenvalue weighted by Crippen LogP contribution is -2.53. The van der Waals surface area contributed by atoms with Crippen molar-refractivity contribution >= 4 is 23.4 Å². The highest BCUT2D eigenvalue weighted by molar-refractivity contribution is 6.30. The van der Waals surface area contributed by atoms with Crippen molar-refractivity contribution in [2.75, 3.05) is 37.6 Å². The minimum Gasteiger partial charge on any atom is -0.437 e. The van der Waals surface area contributed by atoms with Gasteiger partial charge in [0.15, 0.2) is 6.10 Å². The van der Waals surface area contributed by atoms with Crippen molar-refractivity contribution in [2.45, 2.75) is 76.2 Å². The van der Waals surface area contributed by atoms with Crippen LogP contribution in [-0.2, 0) is 11.3 Å². The number of halogens is 4. The van der Waals surface area contributed by atoms with Crippen LogP contribution in [0.25, 0.3) is 0 Å². The van der Waals surface area contributed by atoms with E-state index in [0.29, 0.717) is 13.1 Å². The predicted octanol–water partition coefficient (Wildman–Crippen LogP) is 5.85. The van der Waals surface area contributed by atoms with Crippen LogP contribution in [-0.4, -0.2) is 66.4 Å². The molecule has 33 heavy (non-hydrogen) atoms. The summed E-state index contributed by atoms with van der Waals surface area (Å²) < 4.78 is 42.9. The van der Waals surface area contributed by atoms with Gasteiger partial charge in [-0.2, -0.15) is 13.2 Å². The summed E-state index contributed by atoms with van der Waals surface area (Å²) >= 11 is 6.34. The zero-order valence-electron chi connectivity index (χ0n) is 19.2. The highest BCUT2D eigenvalue weighted by Crippen LogP contribution is 2.41. The molecular formula is C24H33ClF3N3O2. The van der Waals surface area contributed by atoms with Gasteiger partial charge >= 0.3 is 12.3 Å². The van der Waals surface area contributed by atoms with Gasteiger partial charge in [-0.3, -0.25) is 4.90 Å². The lowest BCUT2D eigenvalue weighted by Gasteiger charge is -2.45. The first kappa shape index (κ1) is 24.5. The van der Waals surface area contributed by atoms with Gasteiger partial charge in [-0.15, -0.1) is 0 Å². The first-order chi connectivity index (χ1) is 15.7. The molecule has 9 heteroatoms. The molecule has 1 unspecified atom stereocenters. The number of amides is 1. The summed E-state index contributed by atoms with van der Waals surface area (Å²) in [6.07, 6.45) is -0.237. The van der Waals surface area contributed by atoms with E-state index in [2.05, 4.69) is 26.7 Å². The third-order valence-corrected chi connectivity index (χ3v) is 7.77. The fourth-order valence-electron chi connectivity index (χ4n) is 5.51. The number of piperidine rings is 2. The standard InChI is InChI=1S/C24H33ClF3N3O2/c1-18(24(26,27)28)33-22(32)30-14-9-23(10-15-30)8-5-13-31(23)17-19-6-7-20(25)16-21(19)29-11-3-2-4-12-29/h6-7,16,18H,2-5,8-15,17H2,1H3. The highest BCUT2D eigenvalue weighted by Gasteiger charge is 2.45. The Hall–Kier alpha value is -1.67. The normalized spacial score (nSPS) is 22.6. The first-order valence-corrected chi connectivity index (χ1v) is 12.4. The summed E-state index contributed by atoms with van der Waals surface area (Å²) in [7, 11) is 0. The summed E-state index contributed by atoms with van der Waals surface area (Å²) in [5, 5.41) is 0.746. The molecule has 0 saturated carbocycles. The fraction of sp³-hybridized carbons (Fsp3) is 0.708. The van der Waals surface area contributed by atoms with Gasteiger partial charge in [0, 0.05) is 49.0 Å². The average Bonchev–Trinajstić information content (AvgIpc) is 3.16. The second kappa shape index (κ2) is 9.90. The van der Waals surface area contributed by atoms with E-state index in [1.807, 2.05) is 6.07 Å². The number of likely N-dealkylation sites (tertiary alicyclic amines) is 2. The Morgan fingerprint density at radius 1 is 1.06 bits per heavy atom. The molecule has 0 N–H and O–H groups in total. The minimum absolute atomic E-state index is 0.0226. The van der Waals surface area contributed by atoms with Gasteiger partial charge in [0.25, 0.3) is 0 Å². The number of rotatable bonds is 4. The van der Waals surface area contributed by atoms with Gasteiger partial charge in [-0.05, 0) is 76.1 Å². The zero-order chi connectivity index (χ0) is 23.6. The van der Waals surface area contributed by atoms with E-state index in [0.717, 1.165) is 63.8 Å². The van der Waals surface area contributed by atoms with Crippen LogP contribution in [0, 0.1) is 0 Å². The van der Waals surface area contributed by atoms with E-state index in [1.54, 1.807) is 0 Å². The van der Waals surface area contributed by atoms with Crippen molar-refractivity contribution in [3.63, 3.8) is 0 Å². The monoisotopic (exact) mass is 487 g/mol. The number of benzene rings is 1. The van der Waals surface area contributed by atoms with E-state index in [1.165, 1.54) is 35.4 Å². The number of ether oxygens (including phenoxy) is 1. The quantitative estimate of drug-likeness (QED) is 0.534. The Morgan fingerprint density at radius 2 is 1.76 bits per heavy atom. The summed E-state index contributed by atoms with van der Waals surface area (Å²) in [5.74, 6) is 0. The van der Waals surface area contributed by atoms with Gasteiger partial charge in [0.2, 0.25) is 0 Å². The minimum atomic E-state index is -4.54. The van der Waals surface area contributed by atoms with Crippen molar-refractivity contribution in [1.29, 1.82) is 0 Å². The molecule has 0 aliphatic carbocycles. The van der Waals surface area contributed by atoms with Crippen LogP contribution in [0.1, 0.15) is 57.4 Å². The molecule has 5 nitrogen and oxygen atoms in total. The van der Waals surface area contributed by atoms with Crippen LogP contribution in [0.3, 0.4) is 0 Å². The molecule has 184 valence electrons. The third kappa shape index (κ3) is 5.53. The summed E-state index contributed by atoms with van der Waals surface area (Å²) in [4.78, 5) is 18.6. The maximum atomic E-state index is 12.8. The number of alkyl halides is 3. The maximum absolute atomic E-state index is 12.8. The van der Waals surface area contributed by atoms with Gasteiger partial charge in [-0.25, -0.2) is 4.79 Å². The largest absolute Gasteiger partial charge is 0.437 e. The topological polar surface area (TPSA) is 36.0 Å². The second-order valence-corrected chi connectivity index (χ2v) is 10.1. The SMILES string of the molecule is CC(OC(=O)N1CCC2(CCCN2Cc2ccc(Cl)cc2N2CCCCC2)CC1)C(F)(F)F. The molecule has 0 bridgehead atoms. The molecule has 4 rings (SSSR count). The lowest BCUT2D eigenvalue weighted by atomic mass is 9.84. The van der Waals surface area contributed by atoms with Crippen molar-refractivity contribution in [1.82, 2.24) is 9.80 Å². The smallest absolute Gasteiger partial charge is 0.425 e. The van der Waals surface area contributed by atoms with Gasteiger partial charge < -0.3 is 14.5 Å². The predicted molar refractivity (Wildman–Crippen MR) is 123 cm³/mol. The Bertz CT molecular complexity index is 837. The Morgan fingerprint density at radius 3 is 2.42 bits per heavy atom. The zero-order valence-corrected chi connectivity index (χ0v) is 19.9. The Balaban J connectivity index is 1.42. The molecule has 0 aromatic heterocycles. The second-order valence-electron chi connectivity index (χ2n) is 9.62. The molecule has 3 aliphatic heterocycles. The van der Waals surface area contributed by atoms with Gasteiger partial charge in [-0.1, -0.05) is 17.7 Å². The number of nitrogens with zero attached hydrogens (tertiary/aromatic N) is 3. The van der Waals surface area contributed by atoms with Crippen molar-refractivity contribution in [3.8, 4) is 0 Å². The van der Waals surface area contributed by atoms with Crippen LogP contribution in [0.15, 0.2) is 18.2 Å². The third-order valence-electron chi connectivity index (χ3n) is 7.54. The molecule has 3 aliphatic rings. The average molecular weight is 488 g/mol.